The minimum Gasteiger partial charge on any atom is -0.357 e. The molecule has 0 aliphatic rings. The first-order valence-electron chi connectivity index (χ1n) is 6.57. The molecule has 0 saturated heterocycles. The predicted octanol–water partition coefficient (Wildman–Crippen LogP) is 4.38. The zero-order valence-corrected chi connectivity index (χ0v) is 16.5. The highest BCUT2D eigenvalue weighted by Crippen LogP contribution is 2.19. The maximum Gasteiger partial charge on any atom is 0.191 e. The molecule has 0 fully saturated rings. The van der Waals surface area contributed by atoms with Crippen LogP contribution in [-0.2, 0) is 13.1 Å². The van der Waals surface area contributed by atoms with Gasteiger partial charge < -0.3 is 10.6 Å². The van der Waals surface area contributed by atoms with Crippen molar-refractivity contribution < 1.29 is 0 Å². The Kier molecular flexibility index (Phi) is 8.94. The number of halogens is 2. The van der Waals surface area contributed by atoms with Crippen molar-refractivity contribution in [2.24, 2.45) is 4.99 Å². The fraction of sp³-hybridized carbons (Fsp3) is 0.267. The molecular weight excluding hydrogens is 461 g/mol. The van der Waals surface area contributed by atoms with E-state index >= 15 is 0 Å². The molecule has 0 spiro atoms. The summed E-state index contributed by atoms with van der Waals surface area (Å²) in [6.07, 6.45) is 0. The average molecular weight is 480 g/mol. The average Bonchev–Trinajstić information content (AvgIpc) is 2.89. The highest BCUT2D eigenvalue weighted by molar-refractivity contribution is 14.0. The molecule has 1 heterocycles. The van der Waals surface area contributed by atoms with Gasteiger partial charge >= 0.3 is 0 Å². The molecule has 0 saturated carbocycles. The third-order valence-electron chi connectivity index (χ3n) is 2.66. The van der Waals surface area contributed by atoms with Gasteiger partial charge in [0.2, 0.25) is 0 Å². The number of aliphatic imine (C=N–C) groups is 1. The van der Waals surface area contributed by atoms with Crippen molar-refractivity contribution in [3.8, 4) is 0 Å². The number of guanidine groups is 1. The van der Waals surface area contributed by atoms with E-state index in [1.807, 2.05) is 18.2 Å². The molecule has 114 valence electrons. The minimum atomic E-state index is 0. The van der Waals surface area contributed by atoms with E-state index in [-0.39, 0.29) is 24.0 Å². The van der Waals surface area contributed by atoms with Gasteiger partial charge in [-0.15, -0.1) is 35.3 Å². The molecule has 0 unspecified atom stereocenters. The second-order valence-corrected chi connectivity index (χ2v) is 6.18. The predicted molar refractivity (Wildman–Crippen MR) is 106 cm³/mol. The highest BCUT2D eigenvalue weighted by Gasteiger charge is 2.00. The molecule has 21 heavy (non-hydrogen) atoms. The molecule has 2 aromatic rings. The lowest BCUT2D eigenvalue weighted by Gasteiger charge is -2.10. The molecule has 0 aliphatic heterocycles. The lowest BCUT2D eigenvalue weighted by atomic mass is 10.2. The molecule has 0 radical (unpaired) electrons. The standard InChI is InChI=1S/C15H18BrN3S.HI/c1-2-17-15(18-9-12-6-4-3-5-7-12)19-10-14-8-13(16)11-20-14;/h3-8,11H,2,9-10H2,1H3,(H2,17,18,19);1H. The van der Waals surface area contributed by atoms with E-state index in [2.05, 4.69) is 62.1 Å². The summed E-state index contributed by atoms with van der Waals surface area (Å²) in [4.78, 5) is 5.87. The quantitative estimate of drug-likeness (QED) is 0.379. The van der Waals surface area contributed by atoms with Crippen LogP contribution >= 0.6 is 51.2 Å². The second kappa shape index (κ2) is 10.2. The number of rotatable bonds is 5. The zero-order valence-electron chi connectivity index (χ0n) is 11.8. The smallest absolute Gasteiger partial charge is 0.191 e. The van der Waals surface area contributed by atoms with Crippen LogP contribution < -0.4 is 10.6 Å². The molecule has 6 heteroatoms. The van der Waals surface area contributed by atoms with Crippen molar-refractivity contribution >= 4 is 57.2 Å². The molecule has 0 bridgehead atoms. The van der Waals surface area contributed by atoms with Gasteiger partial charge in [-0.3, -0.25) is 0 Å². The van der Waals surface area contributed by atoms with Crippen molar-refractivity contribution in [1.29, 1.82) is 0 Å². The Morgan fingerprint density at radius 2 is 2.00 bits per heavy atom. The van der Waals surface area contributed by atoms with Gasteiger partial charge in [-0.05, 0) is 34.5 Å². The summed E-state index contributed by atoms with van der Waals surface area (Å²) in [6.45, 7) is 4.40. The van der Waals surface area contributed by atoms with Gasteiger partial charge in [0.15, 0.2) is 5.96 Å². The van der Waals surface area contributed by atoms with Gasteiger partial charge in [-0.1, -0.05) is 30.3 Å². The normalized spacial score (nSPS) is 10.9. The summed E-state index contributed by atoms with van der Waals surface area (Å²) in [7, 11) is 0. The number of hydrogen-bond donors (Lipinski definition) is 2. The summed E-state index contributed by atoms with van der Waals surface area (Å²) in [6, 6.07) is 12.4. The van der Waals surface area contributed by atoms with E-state index in [4.69, 9.17) is 0 Å². The molecule has 0 amide bonds. The van der Waals surface area contributed by atoms with Gasteiger partial charge in [0.25, 0.3) is 0 Å². The topological polar surface area (TPSA) is 36.4 Å². The van der Waals surface area contributed by atoms with Crippen LogP contribution in [0.25, 0.3) is 0 Å². The largest absolute Gasteiger partial charge is 0.357 e. The van der Waals surface area contributed by atoms with E-state index in [0.29, 0.717) is 6.54 Å². The fourth-order valence-electron chi connectivity index (χ4n) is 1.71. The Bertz CT molecular complexity index is 557. The Balaban J connectivity index is 0.00000220. The molecule has 1 aromatic carbocycles. The molecule has 3 nitrogen and oxygen atoms in total. The molecule has 0 atom stereocenters. The fourth-order valence-corrected chi connectivity index (χ4v) is 3.10. The first kappa shape index (κ1) is 18.4. The van der Waals surface area contributed by atoms with Crippen LogP contribution in [0.2, 0.25) is 0 Å². The van der Waals surface area contributed by atoms with E-state index in [9.17, 15) is 0 Å². The second-order valence-electron chi connectivity index (χ2n) is 4.27. The van der Waals surface area contributed by atoms with E-state index in [1.165, 1.54) is 10.4 Å². The van der Waals surface area contributed by atoms with Gasteiger partial charge in [0.05, 0.1) is 13.1 Å². The number of thiophene rings is 1. The number of hydrogen-bond acceptors (Lipinski definition) is 2. The minimum absolute atomic E-state index is 0. The number of nitrogens with zero attached hydrogens (tertiary/aromatic N) is 1. The number of nitrogens with one attached hydrogen (secondary N) is 2. The van der Waals surface area contributed by atoms with Crippen molar-refractivity contribution in [1.82, 2.24) is 10.6 Å². The van der Waals surface area contributed by atoms with Gasteiger partial charge in [-0.25, -0.2) is 4.99 Å². The summed E-state index contributed by atoms with van der Waals surface area (Å²) >= 11 is 5.20. The maximum atomic E-state index is 4.59. The SMILES string of the molecule is CCNC(=NCc1ccccc1)NCc1cc(Br)cs1.I. The van der Waals surface area contributed by atoms with Crippen LogP contribution in [0, 0.1) is 0 Å². The van der Waals surface area contributed by atoms with Gasteiger partial charge in [0, 0.05) is 21.3 Å². The van der Waals surface area contributed by atoms with Crippen LogP contribution in [0.3, 0.4) is 0 Å². The van der Waals surface area contributed by atoms with Crippen LogP contribution in [0.15, 0.2) is 51.2 Å². The summed E-state index contributed by atoms with van der Waals surface area (Å²) < 4.78 is 1.13. The molecule has 0 aliphatic carbocycles. The van der Waals surface area contributed by atoms with Crippen molar-refractivity contribution in [3.63, 3.8) is 0 Å². The molecule has 2 N–H and O–H groups in total. The van der Waals surface area contributed by atoms with Crippen molar-refractivity contribution in [3.05, 3.63) is 56.7 Å². The van der Waals surface area contributed by atoms with E-state index < -0.39 is 0 Å². The van der Waals surface area contributed by atoms with Crippen molar-refractivity contribution in [2.75, 3.05) is 6.54 Å². The first-order valence-corrected chi connectivity index (χ1v) is 8.24. The zero-order chi connectivity index (χ0) is 14.2. The summed E-state index contributed by atoms with van der Waals surface area (Å²) in [5.41, 5.74) is 1.21. The van der Waals surface area contributed by atoms with E-state index in [0.717, 1.165) is 23.5 Å². The Labute approximate surface area is 155 Å². The van der Waals surface area contributed by atoms with Gasteiger partial charge in [0.1, 0.15) is 0 Å². The maximum absolute atomic E-state index is 4.59. The molecule has 1 aromatic heterocycles. The lowest BCUT2D eigenvalue weighted by Crippen LogP contribution is -2.36. The lowest BCUT2D eigenvalue weighted by molar-refractivity contribution is 0.823. The summed E-state index contributed by atoms with van der Waals surface area (Å²) in [5, 5.41) is 8.70. The van der Waals surface area contributed by atoms with Crippen molar-refractivity contribution in [2.45, 2.75) is 20.0 Å². The van der Waals surface area contributed by atoms with Crippen LogP contribution in [-0.4, -0.2) is 12.5 Å². The third-order valence-corrected chi connectivity index (χ3v) is 4.36. The monoisotopic (exact) mass is 479 g/mol. The van der Waals surface area contributed by atoms with Crippen LogP contribution in [0.1, 0.15) is 17.4 Å². The Morgan fingerprint density at radius 3 is 2.62 bits per heavy atom. The Morgan fingerprint density at radius 1 is 1.24 bits per heavy atom. The third kappa shape index (κ3) is 6.80. The van der Waals surface area contributed by atoms with Gasteiger partial charge in [-0.2, -0.15) is 0 Å². The highest BCUT2D eigenvalue weighted by atomic mass is 127. The van der Waals surface area contributed by atoms with Crippen LogP contribution in [0.4, 0.5) is 0 Å². The van der Waals surface area contributed by atoms with Crippen LogP contribution in [0.5, 0.6) is 0 Å². The molecule has 2 rings (SSSR count). The first-order chi connectivity index (χ1) is 9.78. The Hall–Kier alpha value is -0.600. The molecular formula is C15H19BrIN3S. The van der Waals surface area contributed by atoms with E-state index in [1.54, 1.807) is 11.3 Å². The summed E-state index contributed by atoms with van der Waals surface area (Å²) in [5.74, 6) is 0.848. The number of benzene rings is 1.